The number of aromatic amines is 2. The first kappa shape index (κ1) is 43.0. The zero-order valence-corrected chi connectivity index (χ0v) is 30.1. The van der Waals surface area contributed by atoms with Gasteiger partial charge in [-0.25, -0.2) is 9.97 Å². The van der Waals surface area contributed by atoms with Gasteiger partial charge in [-0.2, -0.15) is 43.9 Å². The molecule has 0 saturated carbocycles. The summed E-state index contributed by atoms with van der Waals surface area (Å²) in [5.41, 5.74) is 5.17. The van der Waals surface area contributed by atoms with Gasteiger partial charge >= 0.3 is 24.2 Å². The van der Waals surface area contributed by atoms with Crippen molar-refractivity contribution in [1.82, 2.24) is 29.9 Å². The number of fused-ring (bicyclic) bond motifs is 2. The van der Waals surface area contributed by atoms with E-state index in [4.69, 9.17) is 9.47 Å². The fourth-order valence-corrected chi connectivity index (χ4v) is 6.31. The van der Waals surface area contributed by atoms with Crippen molar-refractivity contribution in [2.75, 3.05) is 13.2 Å². The summed E-state index contributed by atoms with van der Waals surface area (Å²) >= 11 is 2.67. The molecule has 0 amide bonds. The molecule has 9 nitrogen and oxygen atoms in total. The fraction of sp³-hybridized carbons (Fsp3) is 0.294. The smallest absolute Gasteiger partial charge is 0.456 e. The molecule has 21 heteroatoms. The van der Waals surface area contributed by atoms with Crippen LogP contribution in [-0.4, -0.2) is 72.8 Å². The summed E-state index contributed by atoms with van der Waals surface area (Å²) in [6.45, 7) is -0.444. The average Bonchev–Trinajstić information content (AvgIpc) is 3.73. The molecular weight excluding hydrogens is 795 g/mol. The molecule has 4 aromatic heterocycles. The number of aromatic nitrogens is 6. The third-order valence-corrected chi connectivity index (χ3v) is 9.36. The standard InChI is InChI=1S/2C17H14F5N3OS.H2O/c2*1-10-13(8-27-15-24-11-4-2-3-5-12(11)25-15)23-7-6-14(10)26-9-16(18,19)17(20,21)22;/h2*2-7H,8-9H2,1H3,(H,24,25);1H2. The lowest BCUT2D eigenvalue weighted by Gasteiger charge is -2.20. The summed E-state index contributed by atoms with van der Waals surface area (Å²) in [6, 6.07) is 17.5. The number of rotatable bonds is 12. The first-order chi connectivity index (χ1) is 25.3. The van der Waals surface area contributed by atoms with E-state index in [1.54, 1.807) is 13.8 Å². The second-order valence-electron chi connectivity index (χ2n) is 11.4. The van der Waals surface area contributed by atoms with Gasteiger partial charge < -0.3 is 24.9 Å². The fourth-order valence-electron chi connectivity index (χ4n) is 4.49. The lowest BCUT2D eigenvalue weighted by atomic mass is 10.2. The van der Waals surface area contributed by atoms with E-state index < -0.39 is 37.4 Å². The zero-order chi connectivity index (χ0) is 39.3. The van der Waals surface area contributed by atoms with Crippen LogP contribution in [0, 0.1) is 13.8 Å². The number of halogens is 10. The summed E-state index contributed by atoms with van der Waals surface area (Å²) in [4.78, 5) is 23.4. The number of H-pyrrole nitrogens is 2. The minimum atomic E-state index is -5.66. The van der Waals surface area contributed by atoms with Gasteiger partial charge in [-0.05, 0) is 50.2 Å². The maximum absolute atomic E-state index is 13.0. The second kappa shape index (κ2) is 17.4. The van der Waals surface area contributed by atoms with Crippen LogP contribution in [0.25, 0.3) is 22.1 Å². The molecule has 0 bridgehead atoms. The summed E-state index contributed by atoms with van der Waals surface area (Å²) in [5.74, 6) is -9.28. The van der Waals surface area contributed by atoms with E-state index in [0.717, 1.165) is 22.1 Å². The minimum absolute atomic E-state index is 0. The molecule has 296 valence electrons. The van der Waals surface area contributed by atoms with Crippen molar-refractivity contribution in [3.05, 3.63) is 95.6 Å². The quantitative estimate of drug-likeness (QED) is 0.0922. The lowest BCUT2D eigenvalue weighted by Crippen LogP contribution is -2.41. The summed E-state index contributed by atoms with van der Waals surface area (Å²) < 4.78 is 135. The molecule has 0 aliphatic heterocycles. The molecule has 4 heterocycles. The summed E-state index contributed by atoms with van der Waals surface area (Å²) in [5, 5.41) is 1.29. The SMILES string of the molecule is Cc1c(OCC(F)(F)C(F)(F)F)ccnc1CSc1nc2ccccc2[nH]1.Cc1c(OCC(F)(F)C(F)(F)F)ccnc1CSc1nc2ccccc2[nH]1.O. The highest BCUT2D eigenvalue weighted by Crippen LogP contribution is 2.38. The number of alkyl halides is 10. The van der Waals surface area contributed by atoms with E-state index >= 15 is 0 Å². The average molecular weight is 825 g/mol. The number of ether oxygens (including phenoxy) is 2. The molecular formula is C34H30F10N6O3S2. The van der Waals surface area contributed by atoms with E-state index in [1.165, 1.54) is 48.1 Å². The molecule has 0 radical (unpaired) electrons. The van der Waals surface area contributed by atoms with Crippen LogP contribution in [0.15, 0.2) is 83.4 Å². The normalized spacial score (nSPS) is 12.3. The number of thioether (sulfide) groups is 2. The Morgan fingerprint density at radius 1 is 0.564 bits per heavy atom. The third-order valence-electron chi connectivity index (χ3n) is 7.59. The van der Waals surface area contributed by atoms with Gasteiger partial charge in [0.15, 0.2) is 23.5 Å². The molecule has 2 aromatic carbocycles. The molecule has 6 rings (SSSR count). The lowest BCUT2D eigenvalue weighted by molar-refractivity contribution is -0.290. The highest BCUT2D eigenvalue weighted by atomic mass is 32.2. The molecule has 55 heavy (non-hydrogen) atoms. The Balaban J connectivity index is 0.000000240. The van der Waals surface area contributed by atoms with Crippen molar-refractivity contribution in [1.29, 1.82) is 0 Å². The number of benzene rings is 2. The molecule has 0 aliphatic carbocycles. The molecule has 0 spiro atoms. The molecule has 0 aliphatic rings. The van der Waals surface area contributed by atoms with Crippen molar-refractivity contribution in [3.63, 3.8) is 0 Å². The Morgan fingerprint density at radius 3 is 1.27 bits per heavy atom. The number of nitrogens with one attached hydrogen (secondary N) is 2. The summed E-state index contributed by atoms with van der Waals surface area (Å²) in [6.07, 6.45) is -8.70. The molecule has 0 atom stereocenters. The van der Waals surface area contributed by atoms with Gasteiger partial charge in [-0.15, -0.1) is 0 Å². The van der Waals surface area contributed by atoms with Crippen molar-refractivity contribution in [2.24, 2.45) is 0 Å². The van der Waals surface area contributed by atoms with Gasteiger partial charge in [0.25, 0.3) is 0 Å². The van der Waals surface area contributed by atoms with Crippen molar-refractivity contribution in [3.8, 4) is 11.5 Å². The highest BCUT2D eigenvalue weighted by Gasteiger charge is 2.59. The van der Waals surface area contributed by atoms with Crippen LogP contribution in [0.2, 0.25) is 0 Å². The van der Waals surface area contributed by atoms with Crippen LogP contribution in [0.1, 0.15) is 22.5 Å². The van der Waals surface area contributed by atoms with E-state index in [9.17, 15) is 43.9 Å². The number of imidazole rings is 2. The van der Waals surface area contributed by atoms with E-state index in [1.807, 2.05) is 48.5 Å². The van der Waals surface area contributed by atoms with Crippen LogP contribution < -0.4 is 9.47 Å². The Kier molecular flexibility index (Phi) is 13.6. The van der Waals surface area contributed by atoms with Crippen LogP contribution in [0.4, 0.5) is 43.9 Å². The second-order valence-corrected chi connectivity index (χ2v) is 13.4. The van der Waals surface area contributed by atoms with Gasteiger partial charge in [0.1, 0.15) is 11.5 Å². The minimum Gasteiger partial charge on any atom is -0.487 e. The highest BCUT2D eigenvalue weighted by molar-refractivity contribution is 7.98. The Labute approximate surface area is 314 Å². The Hall–Kier alpha value is -4.76. The molecule has 0 unspecified atom stereocenters. The van der Waals surface area contributed by atoms with Crippen molar-refractivity contribution in [2.45, 2.75) is 59.9 Å². The summed E-state index contributed by atoms with van der Waals surface area (Å²) in [7, 11) is 0. The van der Waals surface area contributed by atoms with E-state index in [2.05, 4.69) is 29.9 Å². The van der Waals surface area contributed by atoms with Gasteiger partial charge in [-0.3, -0.25) is 9.97 Å². The first-order valence-corrected chi connectivity index (χ1v) is 17.5. The van der Waals surface area contributed by atoms with E-state index in [-0.39, 0.29) is 17.0 Å². The largest absolute Gasteiger partial charge is 0.487 e. The Bertz CT molecular complexity index is 1980. The van der Waals surface area contributed by atoms with E-state index in [0.29, 0.717) is 44.3 Å². The van der Waals surface area contributed by atoms with Gasteiger partial charge in [0.2, 0.25) is 0 Å². The van der Waals surface area contributed by atoms with Crippen LogP contribution in [-0.2, 0) is 11.5 Å². The number of hydrogen-bond donors (Lipinski definition) is 2. The van der Waals surface area contributed by atoms with Gasteiger partial charge in [-0.1, -0.05) is 47.8 Å². The molecule has 0 saturated heterocycles. The monoisotopic (exact) mass is 824 g/mol. The maximum atomic E-state index is 13.0. The Morgan fingerprint density at radius 2 is 0.927 bits per heavy atom. The first-order valence-electron chi connectivity index (χ1n) is 15.5. The number of nitrogens with zero attached hydrogens (tertiary/aromatic N) is 4. The predicted octanol–water partition coefficient (Wildman–Crippen LogP) is 9.45. The van der Waals surface area contributed by atoms with Gasteiger partial charge in [0.05, 0.1) is 33.5 Å². The zero-order valence-electron chi connectivity index (χ0n) is 28.5. The van der Waals surface area contributed by atoms with Crippen LogP contribution in [0.5, 0.6) is 11.5 Å². The number of hydrogen-bond acceptors (Lipinski definition) is 8. The molecule has 0 fully saturated rings. The van der Waals surface area contributed by atoms with Crippen LogP contribution in [0.3, 0.4) is 0 Å². The topological polar surface area (TPSA) is 133 Å². The maximum Gasteiger partial charge on any atom is 0.456 e. The van der Waals surface area contributed by atoms with Crippen LogP contribution >= 0.6 is 23.5 Å². The third kappa shape index (κ3) is 10.7. The molecule has 4 N–H and O–H groups in total. The number of pyridine rings is 2. The van der Waals surface area contributed by atoms with Crippen molar-refractivity contribution < 1.29 is 58.9 Å². The number of para-hydroxylation sites is 4. The predicted molar refractivity (Wildman–Crippen MR) is 186 cm³/mol. The van der Waals surface area contributed by atoms with Gasteiger partial charge in [0, 0.05) is 35.0 Å². The molecule has 6 aromatic rings. The van der Waals surface area contributed by atoms with Crippen molar-refractivity contribution >= 4 is 45.6 Å².